The van der Waals surface area contributed by atoms with E-state index in [1.165, 1.54) is 0 Å². The van der Waals surface area contributed by atoms with Gasteiger partial charge in [-0.1, -0.05) is 18.2 Å². The summed E-state index contributed by atoms with van der Waals surface area (Å²) >= 11 is 0. The fourth-order valence-electron chi connectivity index (χ4n) is 1.28. The minimum Gasteiger partial charge on any atom is -0.288 e. The molecule has 2 aliphatic rings. The van der Waals surface area contributed by atoms with E-state index in [9.17, 15) is 9.59 Å². The van der Waals surface area contributed by atoms with E-state index in [0.717, 1.165) is 0 Å². The van der Waals surface area contributed by atoms with Crippen molar-refractivity contribution in [2.75, 3.05) is 0 Å². The van der Waals surface area contributed by atoms with Crippen LogP contribution in [0.3, 0.4) is 0 Å². The van der Waals surface area contributed by atoms with Crippen molar-refractivity contribution < 1.29 is 9.59 Å². The first-order valence-electron chi connectivity index (χ1n) is 3.72. The molecule has 0 spiro atoms. The highest BCUT2D eigenvalue weighted by Gasteiger charge is 2.29. The van der Waals surface area contributed by atoms with E-state index in [1.54, 1.807) is 18.2 Å². The molecule has 1 aliphatic carbocycles. The third-order valence-electron chi connectivity index (χ3n) is 1.86. The van der Waals surface area contributed by atoms with Gasteiger partial charge in [-0.05, 0) is 12.5 Å². The Morgan fingerprint density at radius 2 is 1.92 bits per heavy atom. The Labute approximate surface area is 69.5 Å². The molecule has 2 rings (SSSR count). The first-order chi connectivity index (χ1) is 5.79. The molecule has 0 bridgehead atoms. The average Bonchev–Trinajstić information content (AvgIpc) is 2.29. The number of allylic oxidation sites excluding steroid dienone is 4. The lowest BCUT2D eigenvalue weighted by atomic mass is 10.1. The van der Waals surface area contributed by atoms with Crippen molar-refractivity contribution in [2.45, 2.75) is 6.42 Å². The molecule has 1 saturated heterocycles. The summed E-state index contributed by atoms with van der Waals surface area (Å²) < 4.78 is 0. The zero-order valence-electron chi connectivity index (χ0n) is 6.33. The van der Waals surface area contributed by atoms with Crippen LogP contribution in [-0.2, 0) is 9.59 Å². The number of nitrogens with one attached hydrogen (secondary N) is 1. The zero-order valence-corrected chi connectivity index (χ0v) is 6.33. The fourth-order valence-corrected chi connectivity index (χ4v) is 1.28. The van der Waals surface area contributed by atoms with E-state index in [2.05, 4.69) is 5.32 Å². The highest BCUT2D eigenvalue weighted by molar-refractivity contribution is 6.24. The average molecular weight is 161 g/mol. The maximum atomic E-state index is 11.1. The SMILES string of the molecule is O=C1NC(=O)C2=CCC=CC=C12. The van der Waals surface area contributed by atoms with Gasteiger partial charge in [-0.3, -0.25) is 14.9 Å². The van der Waals surface area contributed by atoms with Gasteiger partial charge < -0.3 is 0 Å². The molecule has 0 saturated carbocycles. The largest absolute Gasteiger partial charge is 0.288 e. The molecule has 0 aromatic carbocycles. The molecule has 1 N–H and O–H groups in total. The molecule has 1 aliphatic heterocycles. The monoisotopic (exact) mass is 161 g/mol. The van der Waals surface area contributed by atoms with Gasteiger partial charge in [0.15, 0.2) is 0 Å². The van der Waals surface area contributed by atoms with Crippen LogP contribution >= 0.6 is 0 Å². The zero-order chi connectivity index (χ0) is 8.55. The topological polar surface area (TPSA) is 46.2 Å². The van der Waals surface area contributed by atoms with Gasteiger partial charge in [-0.15, -0.1) is 0 Å². The van der Waals surface area contributed by atoms with E-state index in [1.807, 2.05) is 6.08 Å². The Morgan fingerprint density at radius 3 is 2.75 bits per heavy atom. The van der Waals surface area contributed by atoms with Crippen LogP contribution in [0.25, 0.3) is 0 Å². The number of rotatable bonds is 0. The summed E-state index contributed by atoms with van der Waals surface area (Å²) in [6, 6.07) is 0. The quantitative estimate of drug-likeness (QED) is 0.524. The second-order valence-corrected chi connectivity index (χ2v) is 2.65. The predicted octanol–water partition coefficient (Wildman–Crippen LogP) is 0.455. The van der Waals surface area contributed by atoms with Crippen molar-refractivity contribution in [1.82, 2.24) is 5.32 Å². The minimum absolute atomic E-state index is 0.282. The van der Waals surface area contributed by atoms with Crippen molar-refractivity contribution in [1.29, 1.82) is 0 Å². The number of fused-ring (bicyclic) bond motifs is 1. The van der Waals surface area contributed by atoms with E-state index in [-0.39, 0.29) is 11.8 Å². The lowest BCUT2D eigenvalue weighted by Crippen LogP contribution is -2.19. The summed E-state index contributed by atoms with van der Waals surface area (Å²) in [5, 5.41) is 2.24. The lowest BCUT2D eigenvalue weighted by Gasteiger charge is -1.89. The second-order valence-electron chi connectivity index (χ2n) is 2.65. The summed E-state index contributed by atoms with van der Waals surface area (Å²) in [4.78, 5) is 22.2. The molecule has 60 valence electrons. The van der Waals surface area contributed by atoms with E-state index < -0.39 is 0 Å². The summed E-state index contributed by atoms with van der Waals surface area (Å²) in [6.07, 6.45) is 7.82. The third kappa shape index (κ3) is 0.906. The van der Waals surface area contributed by atoms with Crippen LogP contribution in [0, 0.1) is 0 Å². The van der Waals surface area contributed by atoms with Gasteiger partial charge in [0.25, 0.3) is 11.8 Å². The highest BCUT2D eigenvalue weighted by atomic mass is 16.2. The normalized spacial score (nSPS) is 21.0. The minimum atomic E-state index is -0.294. The molecule has 1 fully saturated rings. The van der Waals surface area contributed by atoms with Gasteiger partial charge >= 0.3 is 0 Å². The molecular weight excluding hydrogens is 154 g/mol. The standard InChI is InChI=1S/C9H7NO2/c11-8-6-4-2-1-3-5-7(6)9(12)10-8/h1-2,4-5H,3H2,(H,10,11,12). The summed E-state index contributed by atoms with van der Waals surface area (Å²) in [5.41, 5.74) is 0.985. The number of carbonyl (C=O) groups excluding carboxylic acids is 2. The van der Waals surface area contributed by atoms with Crippen molar-refractivity contribution in [3.8, 4) is 0 Å². The Hall–Kier alpha value is -1.64. The summed E-state index contributed by atoms with van der Waals surface area (Å²) in [7, 11) is 0. The first-order valence-corrected chi connectivity index (χ1v) is 3.72. The van der Waals surface area contributed by atoms with Crippen LogP contribution in [0.5, 0.6) is 0 Å². The van der Waals surface area contributed by atoms with E-state index in [0.29, 0.717) is 17.6 Å². The Kier molecular flexibility index (Phi) is 1.43. The van der Waals surface area contributed by atoms with Crippen molar-refractivity contribution >= 4 is 11.8 Å². The van der Waals surface area contributed by atoms with E-state index >= 15 is 0 Å². The number of hydrogen-bond donors (Lipinski definition) is 1. The number of imide groups is 1. The van der Waals surface area contributed by atoms with Crippen LogP contribution in [0.2, 0.25) is 0 Å². The molecule has 3 nitrogen and oxygen atoms in total. The van der Waals surface area contributed by atoms with Crippen molar-refractivity contribution in [3.63, 3.8) is 0 Å². The van der Waals surface area contributed by atoms with Gasteiger partial charge in [0, 0.05) is 5.57 Å². The maximum absolute atomic E-state index is 11.1. The maximum Gasteiger partial charge on any atom is 0.258 e. The van der Waals surface area contributed by atoms with Gasteiger partial charge in [-0.2, -0.15) is 0 Å². The number of carbonyl (C=O) groups is 2. The molecule has 12 heavy (non-hydrogen) atoms. The molecule has 0 radical (unpaired) electrons. The molecule has 0 aromatic heterocycles. The molecule has 1 heterocycles. The molecule has 2 amide bonds. The number of amides is 2. The smallest absolute Gasteiger partial charge is 0.258 e. The van der Waals surface area contributed by atoms with Gasteiger partial charge in [0.05, 0.1) is 5.57 Å². The highest BCUT2D eigenvalue weighted by Crippen LogP contribution is 2.19. The molecular formula is C9H7NO2. The number of hydrogen-bond acceptors (Lipinski definition) is 2. The van der Waals surface area contributed by atoms with Crippen LogP contribution in [0.1, 0.15) is 6.42 Å². The first kappa shape index (κ1) is 7.03. The Bertz CT molecular complexity index is 348. The molecule has 0 unspecified atom stereocenters. The van der Waals surface area contributed by atoms with Gasteiger partial charge in [-0.25, -0.2) is 0 Å². The van der Waals surface area contributed by atoms with Crippen molar-refractivity contribution in [3.05, 3.63) is 35.5 Å². The van der Waals surface area contributed by atoms with Crippen LogP contribution in [0.4, 0.5) is 0 Å². The second kappa shape index (κ2) is 2.44. The summed E-state index contributed by atoms with van der Waals surface area (Å²) in [5.74, 6) is -0.576. The fraction of sp³-hybridized carbons (Fsp3) is 0.111. The van der Waals surface area contributed by atoms with Crippen molar-refractivity contribution in [2.24, 2.45) is 0 Å². The lowest BCUT2D eigenvalue weighted by molar-refractivity contribution is -0.123. The Balaban J connectivity index is 2.53. The summed E-state index contributed by atoms with van der Waals surface area (Å²) in [6.45, 7) is 0. The molecule has 0 aromatic rings. The van der Waals surface area contributed by atoms with E-state index in [4.69, 9.17) is 0 Å². The van der Waals surface area contributed by atoms with Crippen LogP contribution in [-0.4, -0.2) is 11.8 Å². The van der Waals surface area contributed by atoms with Crippen LogP contribution < -0.4 is 5.32 Å². The third-order valence-corrected chi connectivity index (χ3v) is 1.86. The van der Waals surface area contributed by atoms with Gasteiger partial charge in [0.1, 0.15) is 0 Å². The molecule has 3 heteroatoms. The van der Waals surface area contributed by atoms with Crippen LogP contribution in [0.15, 0.2) is 35.5 Å². The van der Waals surface area contributed by atoms with Gasteiger partial charge in [0.2, 0.25) is 0 Å². The predicted molar refractivity (Wildman–Crippen MR) is 43.1 cm³/mol. The molecule has 0 atom stereocenters. The Morgan fingerprint density at radius 1 is 1.17 bits per heavy atom.